The van der Waals surface area contributed by atoms with Crippen LogP contribution >= 0.6 is 0 Å². The number of nitrogens with zero attached hydrogens (tertiary/aromatic N) is 2. The lowest BCUT2D eigenvalue weighted by Crippen LogP contribution is -2.50. The molecule has 0 fully saturated rings. The number of rotatable bonds is 15. The number of carbonyl (C=O) groups is 2. The lowest BCUT2D eigenvalue weighted by molar-refractivity contribution is -0.127. The number of nitrogens with two attached hydrogens (primary N) is 3. The molecule has 1 heterocycles. The van der Waals surface area contributed by atoms with Crippen LogP contribution in [0.15, 0.2) is 71.9 Å². The third-order valence-electron chi connectivity index (χ3n) is 6.21. The number of para-hydroxylation sites is 1. The molecule has 0 spiro atoms. The van der Waals surface area contributed by atoms with Crippen LogP contribution < -0.4 is 38.5 Å². The van der Waals surface area contributed by atoms with Gasteiger partial charge in [-0.2, -0.15) is 0 Å². The Morgan fingerprint density at radius 1 is 0.900 bits per heavy atom. The molecule has 0 aliphatic heterocycles. The Morgan fingerprint density at radius 2 is 1.60 bits per heavy atom. The van der Waals surface area contributed by atoms with Crippen LogP contribution in [0.3, 0.4) is 0 Å². The molecular weight excluding hydrogens is 506 g/mol. The molecule has 11 heteroatoms. The summed E-state index contributed by atoms with van der Waals surface area (Å²) in [5.41, 5.74) is 19.8. The van der Waals surface area contributed by atoms with Gasteiger partial charge in [-0.25, -0.2) is 0 Å². The molecule has 0 radical (unpaired) electrons. The molecule has 2 aromatic carbocycles. The van der Waals surface area contributed by atoms with Crippen LogP contribution in [0.25, 0.3) is 10.9 Å². The van der Waals surface area contributed by atoms with Crippen LogP contribution in [-0.2, 0) is 16.0 Å². The first kappa shape index (κ1) is 30.5. The number of guanidine groups is 1. The number of aliphatic imine (C=N–C) groups is 1. The van der Waals surface area contributed by atoms with Gasteiger partial charge in [-0.3, -0.25) is 19.6 Å². The second-order valence-corrected chi connectivity index (χ2v) is 9.40. The molecule has 0 aliphatic rings. The van der Waals surface area contributed by atoms with Crippen LogP contribution in [0.1, 0.15) is 24.8 Å². The SMILES string of the molecule is NCCNC(=NCCCC(N)C(=O)NC(CCc1ccccc1)C(=O)Nc1cnc2ccccc2c1)NCCN. The van der Waals surface area contributed by atoms with E-state index in [0.29, 0.717) is 70.1 Å². The Hall–Kier alpha value is -4.06. The van der Waals surface area contributed by atoms with Crippen LogP contribution in [-0.4, -0.2) is 67.6 Å². The molecule has 0 saturated heterocycles. The lowest BCUT2D eigenvalue weighted by atomic mass is 10.0. The molecule has 11 nitrogen and oxygen atoms in total. The van der Waals surface area contributed by atoms with Crippen molar-refractivity contribution in [2.75, 3.05) is 38.0 Å². The third-order valence-corrected chi connectivity index (χ3v) is 6.21. The van der Waals surface area contributed by atoms with Gasteiger partial charge >= 0.3 is 0 Å². The van der Waals surface area contributed by atoms with Gasteiger partial charge in [0.1, 0.15) is 6.04 Å². The number of nitrogens with one attached hydrogen (secondary N) is 4. The van der Waals surface area contributed by atoms with E-state index in [1.54, 1.807) is 6.20 Å². The fraction of sp³-hybridized carbons (Fsp3) is 0.379. The number of carbonyl (C=O) groups excluding carboxylic acids is 2. The second kappa shape index (κ2) is 16.8. The zero-order valence-corrected chi connectivity index (χ0v) is 22.8. The van der Waals surface area contributed by atoms with Gasteiger partial charge < -0.3 is 38.5 Å². The molecule has 2 amide bonds. The van der Waals surface area contributed by atoms with Crippen molar-refractivity contribution in [1.82, 2.24) is 20.9 Å². The minimum Gasteiger partial charge on any atom is -0.355 e. The van der Waals surface area contributed by atoms with E-state index < -0.39 is 12.1 Å². The van der Waals surface area contributed by atoms with Crippen LogP contribution in [0.4, 0.5) is 5.69 Å². The zero-order chi connectivity index (χ0) is 28.6. The monoisotopic (exact) mass is 547 g/mol. The summed E-state index contributed by atoms with van der Waals surface area (Å²) in [5.74, 6) is -0.0777. The number of hydrogen-bond acceptors (Lipinski definition) is 7. The van der Waals surface area contributed by atoms with Crippen LogP contribution in [0.5, 0.6) is 0 Å². The van der Waals surface area contributed by atoms with Gasteiger partial charge in [0.25, 0.3) is 0 Å². The molecule has 2 unspecified atom stereocenters. The van der Waals surface area contributed by atoms with Gasteiger partial charge in [-0.15, -0.1) is 0 Å². The standard InChI is InChI=1S/C29H41N9O2/c30-14-17-34-29(35-18-15-31)33-16-6-10-24(32)27(39)38-26(13-12-21-7-2-1-3-8-21)28(40)37-23-19-22-9-4-5-11-25(22)36-20-23/h1-5,7-9,11,19-20,24,26H,6,10,12-18,30-32H2,(H,37,40)(H,38,39)(H2,33,34,35). The van der Waals surface area contributed by atoms with Crippen LogP contribution in [0.2, 0.25) is 0 Å². The molecule has 3 aromatic rings. The molecule has 40 heavy (non-hydrogen) atoms. The van der Waals surface area contributed by atoms with E-state index in [4.69, 9.17) is 17.2 Å². The molecular formula is C29H41N9O2. The van der Waals surface area contributed by atoms with Crippen molar-refractivity contribution in [2.45, 2.75) is 37.8 Å². The molecule has 0 saturated carbocycles. The number of benzene rings is 2. The van der Waals surface area contributed by atoms with Gasteiger partial charge in [0.05, 0.1) is 23.4 Å². The van der Waals surface area contributed by atoms with Crippen molar-refractivity contribution in [3.63, 3.8) is 0 Å². The highest BCUT2D eigenvalue weighted by Crippen LogP contribution is 2.17. The minimum atomic E-state index is -0.776. The summed E-state index contributed by atoms with van der Waals surface area (Å²) in [7, 11) is 0. The maximum absolute atomic E-state index is 13.3. The van der Waals surface area contributed by atoms with Crippen molar-refractivity contribution in [3.05, 3.63) is 72.4 Å². The average molecular weight is 548 g/mol. The van der Waals surface area contributed by atoms with E-state index in [2.05, 4.69) is 31.2 Å². The molecule has 3 rings (SSSR count). The van der Waals surface area contributed by atoms with Crippen molar-refractivity contribution in [3.8, 4) is 0 Å². The normalized spacial score (nSPS) is 12.3. The maximum Gasteiger partial charge on any atom is 0.247 e. The number of aryl methyl sites for hydroxylation is 1. The first-order valence-corrected chi connectivity index (χ1v) is 13.7. The van der Waals surface area contributed by atoms with E-state index in [1.165, 1.54) is 0 Å². The van der Waals surface area contributed by atoms with Crippen LogP contribution in [0, 0.1) is 0 Å². The first-order chi connectivity index (χ1) is 19.5. The summed E-state index contributed by atoms with van der Waals surface area (Å²) < 4.78 is 0. The Morgan fingerprint density at radius 3 is 2.33 bits per heavy atom. The molecule has 0 bridgehead atoms. The average Bonchev–Trinajstić information content (AvgIpc) is 2.98. The quantitative estimate of drug-likeness (QED) is 0.0829. The topological polar surface area (TPSA) is 186 Å². The Balaban J connectivity index is 1.59. The predicted octanol–water partition coefficient (Wildman–Crippen LogP) is 0.851. The highest BCUT2D eigenvalue weighted by Gasteiger charge is 2.24. The molecule has 214 valence electrons. The molecule has 10 N–H and O–H groups in total. The van der Waals surface area contributed by atoms with E-state index in [1.807, 2.05) is 60.7 Å². The zero-order valence-electron chi connectivity index (χ0n) is 22.8. The largest absolute Gasteiger partial charge is 0.355 e. The maximum atomic E-state index is 13.3. The highest BCUT2D eigenvalue weighted by molar-refractivity contribution is 5.98. The molecule has 0 aliphatic carbocycles. The summed E-state index contributed by atoms with van der Waals surface area (Å²) in [5, 5.41) is 12.9. The third kappa shape index (κ3) is 10.3. The lowest BCUT2D eigenvalue weighted by Gasteiger charge is -2.21. The fourth-order valence-corrected chi connectivity index (χ4v) is 4.06. The molecule has 2 atom stereocenters. The number of pyridine rings is 1. The highest BCUT2D eigenvalue weighted by atomic mass is 16.2. The number of aromatic nitrogens is 1. The summed E-state index contributed by atoms with van der Waals surface area (Å²) in [6, 6.07) is 17.8. The fourth-order valence-electron chi connectivity index (χ4n) is 4.06. The Kier molecular flexibility index (Phi) is 12.8. The van der Waals surface area contributed by atoms with E-state index >= 15 is 0 Å². The van der Waals surface area contributed by atoms with Gasteiger partial charge in [0, 0.05) is 38.1 Å². The Labute approximate surface area is 235 Å². The number of fused-ring (bicyclic) bond motifs is 1. The summed E-state index contributed by atoms with van der Waals surface area (Å²) in [6.07, 6.45) is 3.66. The summed E-state index contributed by atoms with van der Waals surface area (Å²) in [6.45, 7) is 2.59. The van der Waals surface area contributed by atoms with E-state index in [0.717, 1.165) is 16.5 Å². The minimum absolute atomic E-state index is 0.320. The molecule has 1 aromatic heterocycles. The van der Waals surface area contributed by atoms with Crippen molar-refractivity contribution in [1.29, 1.82) is 0 Å². The number of amides is 2. The van der Waals surface area contributed by atoms with Gasteiger partial charge in [0.15, 0.2) is 5.96 Å². The van der Waals surface area contributed by atoms with Crippen molar-refractivity contribution in [2.24, 2.45) is 22.2 Å². The summed E-state index contributed by atoms with van der Waals surface area (Å²) in [4.78, 5) is 35.2. The second-order valence-electron chi connectivity index (χ2n) is 9.40. The Bertz CT molecular complexity index is 1230. The van der Waals surface area contributed by atoms with Gasteiger partial charge in [-0.1, -0.05) is 48.5 Å². The van der Waals surface area contributed by atoms with Gasteiger partial charge in [-0.05, 0) is 43.4 Å². The van der Waals surface area contributed by atoms with Gasteiger partial charge in [0.2, 0.25) is 11.8 Å². The van der Waals surface area contributed by atoms with E-state index in [9.17, 15) is 9.59 Å². The number of anilines is 1. The first-order valence-electron chi connectivity index (χ1n) is 13.7. The summed E-state index contributed by atoms with van der Waals surface area (Å²) >= 11 is 0. The van der Waals surface area contributed by atoms with Crippen molar-refractivity contribution >= 4 is 34.4 Å². The smallest absolute Gasteiger partial charge is 0.247 e. The number of hydrogen-bond donors (Lipinski definition) is 7. The predicted molar refractivity (Wildman–Crippen MR) is 161 cm³/mol. The van der Waals surface area contributed by atoms with E-state index in [-0.39, 0.29) is 11.8 Å². The van der Waals surface area contributed by atoms with Crippen molar-refractivity contribution < 1.29 is 9.59 Å².